The van der Waals surface area contributed by atoms with E-state index in [1.807, 2.05) is 12.1 Å². The van der Waals surface area contributed by atoms with Gasteiger partial charge in [0.05, 0.1) is 0 Å². The Labute approximate surface area is 157 Å². The molecule has 0 radical (unpaired) electrons. The van der Waals surface area contributed by atoms with Gasteiger partial charge in [0, 0.05) is 22.3 Å². The molecule has 0 saturated carbocycles. The van der Waals surface area contributed by atoms with Crippen molar-refractivity contribution in [3.8, 4) is 33.8 Å². The van der Waals surface area contributed by atoms with Gasteiger partial charge in [-0.3, -0.25) is 0 Å². The summed E-state index contributed by atoms with van der Waals surface area (Å²) in [7, 11) is 0. The molecule has 0 fully saturated rings. The molecule has 1 nitrogen and oxygen atoms in total. The first kappa shape index (κ1) is 14.6. The van der Waals surface area contributed by atoms with E-state index in [9.17, 15) is 0 Å². The standard InChI is InChI=1S/C26H16O/c1-3-11-19-17(9-1)18-10-2-4-12-20(18)26-22-14-6-8-16-24(22)27-23-15-7-5-13-21(23)25(19)26/h1-16H. The molecule has 0 amide bonds. The van der Waals surface area contributed by atoms with Crippen molar-refractivity contribution in [1.29, 1.82) is 0 Å². The van der Waals surface area contributed by atoms with Crippen molar-refractivity contribution < 1.29 is 4.74 Å². The zero-order chi connectivity index (χ0) is 17.8. The minimum Gasteiger partial charge on any atom is -0.456 e. The predicted molar refractivity (Wildman–Crippen MR) is 112 cm³/mol. The zero-order valence-electron chi connectivity index (χ0n) is 14.6. The molecule has 1 heteroatoms. The molecular formula is C26H16O. The minimum absolute atomic E-state index is 0.907. The van der Waals surface area contributed by atoms with Crippen LogP contribution in [-0.2, 0) is 0 Å². The fraction of sp³-hybridized carbons (Fsp3) is 0. The quantitative estimate of drug-likeness (QED) is 0.260. The van der Waals surface area contributed by atoms with E-state index in [2.05, 4.69) is 84.9 Å². The highest BCUT2D eigenvalue weighted by Crippen LogP contribution is 2.52. The molecule has 1 aliphatic rings. The number of benzene rings is 5. The van der Waals surface area contributed by atoms with Gasteiger partial charge in [-0.2, -0.15) is 0 Å². The maximum Gasteiger partial charge on any atom is 0.135 e. The Kier molecular flexibility index (Phi) is 2.95. The van der Waals surface area contributed by atoms with Crippen LogP contribution >= 0.6 is 0 Å². The average molecular weight is 344 g/mol. The second-order valence-electron chi connectivity index (χ2n) is 6.94. The maximum absolute atomic E-state index is 6.38. The van der Waals surface area contributed by atoms with Gasteiger partial charge in [-0.05, 0) is 33.7 Å². The van der Waals surface area contributed by atoms with Gasteiger partial charge in [0.1, 0.15) is 11.5 Å². The molecule has 1 aliphatic heterocycles. The molecule has 0 unspecified atom stereocenters. The van der Waals surface area contributed by atoms with E-state index in [0.717, 1.165) is 22.6 Å². The molecule has 126 valence electrons. The van der Waals surface area contributed by atoms with Crippen LogP contribution in [0.3, 0.4) is 0 Å². The summed E-state index contributed by atoms with van der Waals surface area (Å²) in [5.74, 6) is 1.81. The van der Waals surface area contributed by atoms with Crippen LogP contribution in [0.2, 0.25) is 0 Å². The first-order valence-electron chi connectivity index (χ1n) is 9.22. The van der Waals surface area contributed by atoms with Crippen LogP contribution in [-0.4, -0.2) is 0 Å². The van der Waals surface area contributed by atoms with Crippen molar-refractivity contribution in [1.82, 2.24) is 0 Å². The van der Waals surface area contributed by atoms with Crippen molar-refractivity contribution >= 4 is 21.5 Å². The lowest BCUT2D eigenvalue weighted by Gasteiger charge is -2.17. The highest BCUT2D eigenvalue weighted by Gasteiger charge is 2.24. The van der Waals surface area contributed by atoms with Crippen LogP contribution in [0, 0.1) is 0 Å². The first-order chi connectivity index (χ1) is 13.4. The summed E-state index contributed by atoms with van der Waals surface area (Å²) in [6, 6.07) is 34.1. The maximum atomic E-state index is 6.38. The van der Waals surface area contributed by atoms with Crippen LogP contribution in [0.15, 0.2) is 97.1 Å². The fourth-order valence-electron chi connectivity index (χ4n) is 4.34. The smallest absolute Gasteiger partial charge is 0.135 e. The van der Waals surface area contributed by atoms with Crippen molar-refractivity contribution in [2.75, 3.05) is 0 Å². The largest absolute Gasteiger partial charge is 0.456 e. The van der Waals surface area contributed by atoms with Gasteiger partial charge in [0.15, 0.2) is 0 Å². The number of fused-ring (bicyclic) bond motifs is 10. The van der Waals surface area contributed by atoms with E-state index in [-0.39, 0.29) is 0 Å². The first-order valence-corrected chi connectivity index (χ1v) is 9.22. The third-order valence-corrected chi connectivity index (χ3v) is 5.47. The molecule has 1 heterocycles. The molecule has 5 aromatic rings. The van der Waals surface area contributed by atoms with Crippen LogP contribution < -0.4 is 4.74 Å². The molecule has 5 aromatic carbocycles. The SMILES string of the molecule is c1ccc2c(c1)Oc1ccccc1-c1c-2c2ccccc2c2ccccc12. The summed E-state index contributed by atoms with van der Waals surface area (Å²) in [5.41, 5.74) is 4.80. The molecule has 0 N–H and O–H groups in total. The number of hydrogen-bond donors (Lipinski definition) is 0. The number of ether oxygens (including phenoxy) is 1. The van der Waals surface area contributed by atoms with Gasteiger partial charge in [-0.1, -0.05) is 84.9 Å². The second kappa shape index (κ2) is 5.46. The van der Waals surface area contributed by atoms with Crippen molar-refractivity contribution in [2.45, 2.75) is 0 Å². The zero-order valence-corrected chi connectivity index (χ0v) is 14.6. The summed E-state index contributed by atoms with van der Waals surface area (Å²) in [4.78, 5) is 0. The van der Waals surface area contributed by atoms with E-state index >= 15 is 0 Å². The summed E-state index contributed by atoms with van der Waals surface area (Å²) in [5, 5.41) is 5.08. The Bertz CT molecular complexity index is 1240. The Morgan fingerprint density at radius 2 is 0.741 bits per heavy atom. The summed E-state index contributed by atoms with van der Waals surface area (Å²) >= 11 is 0. The van der Waals surface area contributed by atoms with Gasteiger partial charge in [-0.15, -0.1) is 0 Å². The van der Waals surface area contributed by atoms with Gasteiger partial charge in [-0.25, -0.2) is 0 Å². The number of para-hydroxylation sites is 2. The van der Waals surface area contributed by atoms with E-state index in [1.165, 1.54) is 32.7 Å². The molecular weight excluding hydrogens is 328 g/mol. The third-order valence-electron chi connectivity index (χ3n) is 5.47. The highest BCUT2D eigenvalue weighted by atomic mass is 16.5. The van der Waals surface area contributed by atoms with E-state index in [0.29, 0.717) is 0 Å². The topological polar surface area (TPSA) is 9.23 Å². The predicted octanol–water partition coefficient (Wildman–Crippen LogP) is 7.43. The van der Waals surface area contributed by atoms with Crippen LogP contribution in [0.1, 0.15) is 0 Å². The third kappa shape index (κ3) is 2.00. The average Bonchev–Trinajstić information content (AvgIpc) is 2.89. The molecule has 0 spiro atoms. The molecule has 0 bridgehead atoms. The van der Waals surface area contributed by atoms with Gasteiger partial charge >= 0.3 is 0 Å². The monoisotopic (exact) mass is 344 g/mol. The van der Waals surface area contributed by atoms with Crippen LogP contribution in [0.25, 0.3) is 43.8 Å². The van der Waals surface area contributed by atoms with Crippen molar-refractivity contribution in [3.63, 3.8) is 0 Å². The lowest BCUT2D eigenvalue weighted by Crippen LogP contribution is -1.89. The molecule has 0 aliphatic carbocycles. The van der Waals surface area contributed by atoms with Crippen molar-refractivity contribution in [2.24, 2.45) is 0 Å². The lowest BCUT2D eigenvalue weighted by atomic mass is 9.85. The normalized spacial score (nSPS) is 12.0. The molecule has 0 saturated heterocycles. The fourth-order valence-corrected chi connectivity index (χ4v) is 4.34. The second-order valence-corrected chi connectivity index (χ2v) is 6.94. The Morgan fingerprint density at radius 3 is 1.22 bits per heavy atom. The summed E-state index contributed by atoms with van der Waals surface area (Å²) in [6.45, 7) is 0. The molecule has 27 heavy (non-hydrogen) atoms. The minimum atomic E-state index is 0.907. The van der Waals surface area contributed by atoms with E-state index in [4.69, 9.17) is 4.74 Å². The van der Waals surface area contributed by atoms with Gasteiger partial charge < -0.3 is 4.74 Å². The Morgan fingerprint density at radius 1 is 0.370 bits per heavy atom. The van der Waals surface area contributed by atoms with Crippen LogP contribution in [0.4, 0.5) is 0 Å². The van der Waals surface area contributed by atoms with Crippen molar-refractivity contribution in [3.05, 3.63) is 97.1 Å². The summed E-state index contributed by atoms with van der Waals surface area (Å²) < 4.78 is 6.38. The summed E-state index contributed by atoms with van der Waals surface area (Å²) in [6.07, 6.45) is 0. The Hall–Kier alpha value is -3.58. The van der Waals surface area contributed by atoms with E-state index in [1.54, 1.807) is 0 Å². The number of rotatable bonds is 0. The number of hydrogen-bond acceptors (Lipinski definition) is 1. The van der Waals surface area contributed by atoms with Crippen LogP contribution in [0.5, 0.6) is 11.5 Å². The van der Waals surface area contributed by atoms with E-state index < -0.39 is 0 Å². The molecule has 0 aromatic heterocycles. The Balaban J connectivity index is 1.96. The van der Waals surface area contributed by atoms with Gasteiger partial charge in [0.2, 0.25) is 0 Å². The lowest BCUT2D eigenvalue weighted by molar-refractivity contribution is 0.488. The highest BCUT2D eigenvalue weighted by molar-refractivity contribution is 6.22. The van der Waals surface area contributed by atoms with Gasteiger partial charge in [0.25, 0.3) is 0 Å². The molecule has 6 rings (SSSR count). The molecule has 0 atom stereocenters.